The molecular formula is C14H20BrNO2. The summed E-state index contributed by atoms with van der Waals surface area (Å²) in [6.45, 7) is 3.89. The number of rotatable bonds is 8. The molecule has 1 aromatic rings. The number of carbonyl (C=O) groups is 1. The molecule has 18 heavy (non-hydrogen) atoms. The lowest BCUT2D eigenvalue weighted by molar-refractivity contribution is -0.137. The SMILES string of the molecule is CC(CCNCc1ccc(Br)cc1)CCC(=O)O. The molecule has 0 aliphatic carbocycles. The van der Waals surface area contributed by atoms with E-state index in [0.717, 1.165) is 30.4 Å². The lowest BCUT2D eigenvalue weighted by Gasteiger charge is -2.10. The quantitative estimate of drug-likeness (QED) is 0.723. The zero-order chi connectivity index (χ0) is 13.4. The van der Waals surface area contributed by atoms with Crippen molar-refractivity contribution in [1.29, 1.82) is 0 Å². The van der Waals surface area contributed by atoms with Crippen LogP contribution in [-0.4, -0.2) is 17.6 Å². The van der Waals surface area contributed by atoms with Crippen molar-refractivity contribution in [3.63, 3.8) is 0 Å². The van der Waals surface area contributed by atoms with E-state index in [9.17, 15) is 4.79 Å². The molecule has 1 aromatic carbocycles. The molecule has 0 radical (unpaired) electrons. The maximum atomic E-state index is 10.4. The summed E-state index contributed by atoms with van der Waals surface area (Å²) < 4.78 is 1.09. The van der Waals surface area contributed by atoms with E-state index in [1.165, 1.54) is 5.56 Å². The number of hydrogen-bond acceptors (Lipinski definition) is 2. The van der Waals surface area contributed by atoms with Crippen LogP contribution in [0, 0.1) is 5.92 Å². The van der Waals surface area contributed by atoms with Gasteiger partial charge >= 0.3 is 5.97 Å². The van der Waals surface area contributed by atoms with E-state index in [-0.39, 0.29) is 6.42 Å². The van der Waals surface area contributed by atoms with Gasteiger partial charge in [0, 0.05) is 17.4 Å². The van der Waals surface area contributed by atoms with E-state index in [4.69, 9.17) is 5.11 Å². The van der Waals surface area contributed by atoms with Gasteiger partial charge in [-0.1, -0.05) is 35.0 Å². The summed E-state index contributed by atoms with van der Waals surface area (Å²) >= 11 is 3.41. The highest BCUT2D eigenvalue weighted by atomic mass is 79.9. The van der Waals surface area contributed by atoms with Crippen molar-refractivity contribution >= 4 is 21.9 Å². The molecule has 0 aliphatic rings. The largest absolute Gasteiger partial charge is 0.481 e. The molecule has 0 bridgehead atoms. The van der Waals surface area contributed by atoms with Crippen LogP contribution in [0.5, 0.6) is 0 Å². The van der Waals surface area contributed by atoms with Crippen LogP contribution in [0.3, 0.4) is 0 Å². The third-order valence-electron chi connectivity index (χ3n) is 2.91. The first-order chi connectivity index (χ1) is 8.58. The number of carboxylic acids is 1. The summed E-state index contributed by atoms with van der Waals surface area (Å²) in [6.07, 6.45) is 2.05. The van der Waals surface area contributed by atoms with Crippen LogP contribution in [0.2, 0.25) is 0 Å². The summed E-state index contributed by atoms with van der Waals surface area (Å²) in [5.41, 5.74) is 1.26. The van der Waals surface area contributed by atoms with Crippen molar-refractivity contribution in [2.24, 2.45) is 5.92 Å². The van der Waals surface area contributed by atoms with Crippen molar-refractivity contribution in [2.75, 3.05) is 6.54 Å². The lowest BCUT2D eigenvalue weighted by Crippen LogP contribution is -2.17. The Hall–Kier alpha value is -0.870. The zero-order valence-electron chi connectivity index (χ0n) is 10.7. The predicted molar refractivity (Wildman–Crippen MR) is 76.5 cm³/mol. The smallest absolute Gasteiger partial charge is 0.303 e. The Labute approximate surface area is 117 Å². The summed E-state index contributed by atoms with van der Waals surface area (Å²) in [5, 5.41) is 12.0. The Morgan fingerprint density at radius 2 is 2.00 bits per heavy atom. The predicted octanol–water partition coefficient (Wildman–Crippen LogP) is 3.43. The standard InChI is InChI=1S/C14H20BrNO2/c1-11(2-7-14(17)18)8-9-16-10-12-3-5-13(15)6-4-12/h3-6,11,16H,2,7-10H2,1H3,(H,17,18). The van der Waals surface area contributed by atoms with Gasteiger partial charge < -0.3 is 10.4 Å². The average molecular weight is 314 g/mol. The first kappa shape index (κ1) is 15.2. The van der Waals surface area contributed by atoms with Gasteiger partial charge in [0.1, 0.15) is 0 Å². The number of halogens is 1. The molecule has 0 aromatic heterocycles. The van der Waals surface area contributed by atoms with Crippen LogP contribution < -0.4 is 5.32 Å². The minimum absolute atomic E-state index is 0.272. The molecule has 0 heterocycles. The van der Waals surface area contributed by atoms with Crippen LogP contribution in [-0.2, 0) is 11.3 Å². The molecule has 0 saturated carbocycles. The molecule has 0 spiro atoms. The van der Waals surface area contributed by atoms with E-state index >= 15 is 0 Å². The molecule has 1 unspecified atom stereocenters. The Kier molecular flexibility index (Phi) is 6.98. The lowest BCUT2D eigenvalue weighted by atomic mass is 10.0. The third kappa shape index (κ3) is 6.77. The van der Waals surface area contributed by atoms with Gasteiger partial charge in [0.05, 0.1) is 0 Å². The number of nitrogens with one attached hydrogen (secondary N) is 1. The molecule has 3 nitrogen and oxygen atoms in total. The second-order valence-electron chi connectivity index (χ2n) is 4.63. The fraction of sp³-hybridized carbons (Fsp3) is 0.500. The Morgan fingerprint density at radius 1 is 1.33 bits per heavy atom. The highest BCUT2D eigenvalue weighted by molar-refractivity contribution is 9.10. The van der Waals surface area contributed by atoms with Gasteiger partial charge in [-0.25, -0.2) is 0 Å². The average Bonchev–Trinajstić information content (AvgIpc) is 2.34. The van der Waals surface area contributed by atoms with Gasteiger partial charge in [0.25, 0.3) is 0 Å². The molecule has 0 fully saturated rings. The summed E-state index contributed by atoms with van der Waals surface area (Å²) in [7, 11) is 0. The van der Waals surface area contributed by atoms with Crippen molar-refractivity contribution in [1.82, 2.24) is 5.32 Å². The van der Waals surface area contributed by atoms with Crippen molar-refractivity contribution < 1.29 is 9.90 Å². The summed E-state index contributed by atoms with van der Waals surface area (Å²) in [4.78, 5) is 10.4. The summed E-state index contributed by atoms with van der Waals surface area (Å²) in [5.74, 6) is -0.247. The maximum absolute atomic E-state index is 10.4. The van der Waals surface area contributed by atoms with Crippen LogP contribution in [0.1, 0.15) is 31.7 Å². The fourth-order valence-electron chi connectivity index (χ4n) is 1.70. The van der Waals surface area contributed by atoms with Crippen LogP contribution in [0.15, 0.2) is 28.7 Å². The van der Waals surface area contributed by atoms with Crippen molar-refractivity contribution in [3.05, 3.63) is 34.3 Å². The number of benzene rings is 1. The van der Waals surface area contributed by atoms with E-state index < -0.39 is 5.97 Å². The van der Waals surface area contributed by atoms with Crippen LogP contribution in [0.4, 0.5) is 0 Å². The first-order valence-corrected chi connectivity index (χ1v) is 7.04. The van der Waals surface area contributed by atoms with Crippen molar-refractivity contribution in [3.8, 4) is 0 Å². The number of aliphatic carboxylic acids is 1. The fourth-order valence-corrected chi connectivity index (χ4v) is 1.96. The molecule has 1 atom stereocenters. The highest BCUT2D eigenvalue weighted by Crippen LogP contribution is 2.11. The minimum Gasteiger partial charge on any atom is -0.481 e. The summed E-state index contributed by atoms with van der Waals surface area (Å²) in [6, 6.07) is 8.24. The molecule has 100 valence electrons. The monoisotopic (exact) mass is 313 g/mol. The maximum Gasteiger partial charge on any atom is 0.303 e. The second kappa shape index (κ2) is 8.27. The van der Waals surface area contributed by atoms with Crippen molar-refractivity contribution in [2.45, 2.75) is 32.7 Å². The van der Waals surface area contributed by atoms with Gasteiger partial charge in [-0.2, -0.15) is 0 Å². The normalized spacial score (nSPS) is 12.3. The van der Waals surface area contributed by atoms with E-state index in [0.29, 0.717) is 5.92 Å². The van der Waals surface area contributed by atoms with Crippen LogP contribution in [0.25, 0.3) is 0 Å². The Bertz CT molecular complexity index is 365. The third-order valence-corrected chi connectivity index (χ3v) is 3.44. The second-order valence-corrected chi connectivity index (χ2v) is 5.55. The number of carboxylic acid groups (broad SMARTS) is 1. The molecule has 2 N–H and O–H groups in total. The van der Waals surface area contributed by atoms with Crippen LogP contribution >= 0.6 is 15.9 Å². The van der Waals surface area contributed by atoms with Gasteiger partial charge in [0.2, 0.25) is 0 Å². The van der Waals surface area contributed by atoms with Gasteiger partial charge in [0.15, 0.2) is 0 Å². The van der Waals surface area contributed by atoms with E-state index in [1.807, 2.05) is 12.1 Å². The van der Waals surface area contributed by atoms with Gasteiger partial charge in [-0.3, -0.25) is 4.79 Å². The minimum atomic E-state index is -0.704. The zero-order valence-corrected chi connectivity index (χ0v) is 12.2. The molecule has 0 saturated heterocycles. The highest BCUT2D eigenvalue weighted by Gasteiger charge is 2.04. The topological polar surface area (TPSA) is 49.3 Å². The molecule has 0 amide bonds. The molecule has 1 rings (SSSR count). The Balaban J connectivity index is 2.11. The molecule has 0 aliphatic heterocycles. The van der Waals surface area contributed by atoms with E-state index in [1.54, 1.807) is 0 Å². The van der Waals surface area contributed by atoms with E-state index in [2.05, 4.69) is 40.3 Å². The Morgan fingerprint density at radius 3 is 2.61 bits per heavy atom. The van der Waals surface area contributed by atoms with Gasteiger partial charge in [-0.05, 0) is 43.0 Å². The first-order valence-electron chi connectivity index (χ1n) is 6.25. The number of hydrogen-bond donors (Lipinski definition) is 2. The molecular weight excluding hydrogens is 294 g/mol. The van der Waals surface area contributed by atoms with Gasteiger partial charge in [-0.15, -0.1) is 0 Å². The molecule has 4 heteroatoms.